The van der Waals surface area contributed by atoms with Crippen molar-refractivity contribution in [2.24, 2.45) is 0 Å². The molecule has 0 bridgehead atoms. The Labute approximate surface area is 113 Å². The smallest absolute Gasteiger partial charge is 0.282 e. The van der Waals surface area contributed by atoms with E-state index in [9.17, 15) is 8.42 Å². The predicted molar refractivity (Wildman–Crippen MR) is 57.4 cm³/mol. The summed E-state index contributed by atoms with van der Waals surface area (Å²) in [4.78, 5) is -0.142. The minimum atomic E-state index is -4.13. The van der Waals surface area contributed by atoms with Crippen LogP contribution in [0.25, 0.3) is 0 Å². The van der Waals surface area contributed by atoms with Gasteiger partial charge in [-0.2, -0.15) is 8.42 Å². The molecule has 3 nitrogen and oxygen atoms in total. The van der Waals surface area contributed by atoms with Crippen molar-refractivity contribution in [3.8, 4) is 0 Å². The van der Waals surface area contributed by atoms with E-state index in [1.165, 1.54) is 12.1 Å². The van der Waals surface area contributed by atoms with E-state index in [0.29, 0.717) is 8.95 Å². The van der Waals surface area contributed by atoms with E-state index in [-0.39, 0.29) is 32.2 Å². The number of halogens is 2. The summed E-state index contributed by atoms with van der Waals surface area (Å²) in [6, 6.07) is 4.52. The summed E-state index contributed by atoms with van der Waals surface area (Å²) >= 11 is 6.10. The molecule has 0 atom stereocenters. The van der Waals surface area contributed by atoms with E-state index < -0.39 is 10.1 Å². The molecular weight excluding hydrogens is 516 g/mol. The van der Waals surface area contributed by atoms with Crippen LogP contribution in [0.4, 0.5) is 0 Å². The van der Waals surface area contributed by atoms with Crippen LogP contribution in [0, 0.1) is 0 Å². The van der Waals surface area contributed by atoms with Crippen LogP contribution in [0.5, 0.6) is 0 Å². The molecule has 1 aromatic rings. The molecule has 0 unspecified atom stereocenters. The zero-order valence-corrected chi connectivity index (χ0v) is 14.7. The molecule has 13 heavy (non-hydrogen) atoms. The number of benzene rings is 1. The molecule has 1 rings (SSSR count). The van der Waals surface area contributed by atoms with Crippen molar-refractivity contribution in [2.45, 2.75) is 4.90 Å². The topological polar surface area (TPSA) is 54.4 Å². The zero-order valence-electron chi connectivity index (χ0n) is 6.24. The van der Waals surface area contributed by atoms with Gasteiger partial charge < -0.3 is 0 Å². The fourth-order valence-corrected chi connectivity index (χ4v) is 2.64. The Morgan fingerprint density at radius 1 is 1.23 bits per heavy atom. The van der Waals surface area contributed by atoms with E-state index in [0.717, 1.165) is 0 Å². The van der Waals surface area contributed by atoms with Gasteiger partial charge >= 0.3 is 0 Å². The molecule has 0 aromatic heterocycles. The normalized spacial score (nSPS) is 10.7. The second-order valence-corrected chi connectivity index (χ2v) is 5.21. The SMILES string of the molecule is O=S(=O)(O)c1cc(Br)ccc1Br.[Tl]. The molecule has 0 spiro atoms. The third-order valence-corrected chi connectivity index (χ3v) is 3.51. The molecule has 1 N–H and O–H groups in total. The first-order valence-electron chi connectivity index (χ1n) is 2.84. The van der Waals surface area contributed by atoms with Crippen LogP contribution >= 0.6 is 31.9 Å². The maximum Gasteiger partial charge on any atom is 0.295 e. The molecular formula is C6H4Br2O3STl. The molecule has 7 heteroatoms. The average Bonchev–Trinajstić information content (AvgIpc) is 1.92. The molecule has 0 aliphatic rings. The Morgan fingerprint density at radius 3 is 2.15 bits per heavy atom. The first kappa shape index (κ1) is 14.0. The molecule has 0 aliphatic heterocycles. The van der Waals surface area contributed by atoms with Crippen molar-refractivity contribution in [3.05, 3.63) is 27.1 Å². The van der Waals surface area contributed by atoms with Gasteiger partial charge in [-0.15, -0.1) is 0 Å². The molecule has 0 amide bonds. The summed E-state index contributed by atoms with van der Waals surface area (Å²) in [5, 5.41) is 0. The first-order valence-corrected chi connectivity index (χ1v) is 5.86. The monoisotopic (exact) mass is 519 g/mol. The average molecular weight is 520 g/mol. The van der Waals surface area contributed by atoms with Crippen molar-refractivity contribution in [1.82, 2.24) is 0 Å². The first-order chi connectivity index (χ1) is 5.41. The van der Waals surface area contributed by atoms with Crippen molar-refractivity contribution < 1.29 is 13.0 Å². The Kier molecular flexibility index (Phi) is 5.60. The minimum Gasteiger partial charge on any atom is -0.282 e. The summed E-state index contributed by atoms with van der Waals surface area (Å²) in [5.41, 5.74) is 0. The molecule has 1 aromatic carbocycles. The van der Waals surface area contributed by atoms with Crippen molar-refractivity contribution in [2.75, 3.05) is 0 Å². The fourth-order valence-electron chi connectivity index (χ4n) is 0.675. The van der Waals surface area contributed by atoms with Gasteiger partial charge in [-0.25, -0.2) is 0 Å². The number of rotatable bonds is 1. The Morgan fingerprint density at radius 2 is 1.77 bits per heavy atom. The van der Waals surface area contributed by atoms with E-state index in [1.807, 2.05) is 0 Å². The van der Waals surface area contributed by atoms with Crippen LogP contribution in [-0.2, 0) is 10.1 Å². The second-order valence-electron chi connectivity index (χ2n) is 2.05. The van der Waals surface area contributed by atoms with Gasteiger partial charge in [-0.3, -0.25) is 4.55 Å². The van der Waals surface area contributed by atoms with Crippen LogP contribution in [0.2, 0.25) is 0 Å². The predicted octanol–water partition coefficient (Wildman–Crippen LogP) is 2.08. The van der Waals surface area contributed by atoms with E-state index >= 15 is 0 Å². The van der Waals surface area contributed by atoms with Crippen LogP contribution in [0.15, 0.2) is 32.0 Å². The zero-order chi connectivity index (χ0) is 9.35. The largest absolute Gasteiger partial charge is 0.295 e. The van der Waals surface area contributed by atoms with Crippen molar-refractivity contribution >= 4 is 69.3 Å². The van der Waals surface area contributed by atoms with Crippen LogP contribution in [0.3, 0.4) is 0 Å². The van der Waals surface area contributed by atoms with Gasteiger partial charge in [-0.1, -0.05) is 15.9 Å². The van der Waals surface area contributed by atoms with E-state index in [4.69, 9.17) is 4.55 Å². The van der Waals surface area contributed by atoms with E-state index in [1.54, 1.807) is 6.07 Å². The van der Waals surface area contributed by atoms with Crippen molar-refractivity contribution in [1.29, 1.82) is 0 Å². The van der Waals surface area contributed by atoms with Gasteiger partial charge in [0.15, 0.2) is 0 Å². The van der Waals surface area contributed by atoms with Gasteiger partial charge in [-0.05, 0) is 34.1 Å². The van der Waals surface area contributed by atoms with E-state index in [2.05, 4.69) is 31.9 Å². The molecule has 0 aliphatic carbocycles. The molecule has 0 fully saturated rings. The quantitative estimate of drug-likeness (QED) is 0.456. The maximum atomic E-state index is 10.7. The Hall–Kier alpha value is 1.01. The molecule has 1 radical (unpaired) electrons. The van der Waals surface area contributed by atoms with Gasteiger partial charge in [0, 0.05) is 36.2 Å². The van der Waals surface area contributed by atoms with Gasteiger partial charge in [0.1, 0.15) is 4.90 Å². The molecule has 0 saturated heterocycles. The molecule has 0 heterocycles. The summed E-state index contributed by atoms with van der Waals surface area (Å²) in [6.45, 7) is 0. The maximum absolute atomic E-state index is 10.7. The van der Waals surface area contributed by atoms with Crippen LogP contribution < -0.4 is 0 Å². The summed E-state index contributed by atoms with van der Waals surface area (Å²) in [7, 11) is -4.13. The molecule has 69 valence electrons. The van der Waals surface area contributed by atoms with Gasteiger partial charge in [0.25, 0.3) is 10.1 Å². The summed E-state index contributed by atoms with van der Waals surface area (Å²) < 4.78 is 31.1. The van der Waals surface area contributed by atoms with Gasteiger partial charge in [0.05, 0.1) is 0 Å². The fraction of sp³-hybridized carbons (Fsp3) is 0. The third-order valence-electron chi connectivity index (χ3n) is 1.17. The summed E-state index contributed by atoms with van der Waals surface area (Å²) in [6.07, 6.45) is 0. The van der Waals surface area contributed by atoms with Gasteiger partial charge in [0.2, 0.25) is 0 Å². The Balaban J connectivity index is 0.00000144. The van der Waals surface area contributed by atoms with Crippen LogP contribution in [0.1, 0.15) is 0 Å². The van der Waals surface area contributed by atoms with Crippen molar-refractivity contribution in [3.63, 3.8) is 0 Å². The molecule has 0 saturated carbocycles. The second kappa shape index (κ2) is 5.19. The Bertz CT molecular complexity index is 404. The number of hydrogen-bond donors (Lipinski definition) is 1. The number of hydrogen-bond acceptors (Lipinski definition) is 2. The standard InChI is InChI=1S/C6H4Br2O3S.Tl/c7-4-1-2-5(8)6(3-4)12(9,10)11;/h1-3H,(H,9,10,11);. The summed E-state index contributed by atoms with van der Waals surface area (Å²) in [5.74, 6) is 0. The van der Waals surface area contributed by atoms with Crippen LogP contribution in [-0.4, -0.2) is 40.3 Å². The third kappa shape index (κ3) is 3.94. The minimum absolute atomic E-state index is 0.